The fourth-order valence-corrected chi connectivity index (χ4v) is 4.02. The minimum absolute atomic E-state index is 0.00952. The first-order chi connectivity index (χ1) is 11.8. The molecule has 0 unspecified atom stereocenters. The molecule has 0 aromatic heterocycles. The molecule has 0 aliphatic carbocycles. The molecule has 0 spiro atoms. The molecule has 1 saturated heterocycles. The monoisotopic (exact) mass is 372 g/mol. The lowest BCUT2D eigenvalue weighted by Crippen LogP contribution is -2.54. The molecule has 1 aromatic carbocycles. The van der Waals surface area contributed by atoms with Crippen LogP contribution in [-0.2, 0) is 19.6 Å². The fourth-order valence-electron chi connectivity index (χ4n) is 2.46. The minimum atomic E-state index is -3.82. The molecule has 0 saturated carbocycles. The van der Waals surface area contributed by atoms with Gasteiger partial charge in [0.05, 0.1) is 14.2 Å². The maximum atomic E-state index is 12.8. The second-order valence-corrected chi connectivity index (χ2v) is 7.09. The number of hydrogen-bond acceptors (Lipinski definition) is 7. The topological polar surface area (TPSA) is 131 Å². The van der Waals surface area contributed by atoms with Crippen LogP contribution in [0.1, 0.15) is 0 Å². The van der Waals surface area contributed by atoms with Crippen LogP contribution in [0.25, 0.3) is 0 Å². The van der Waals surface area contributed by atoms with Gasteiger partial charge in [0.15, 0.2) is 0 Å². The van der Waals surface area contributed by atoms with Crippen LogP contribution < -0.4 is 20.7 Å². The molecular weight excluding hydrogens is 352 g/mol. The van der Waals surface area contributed by atoms with Gasteiger partial charge in [0, 0.05) is 32.2 Å². The van der Waals surface area contributed by atoms with Crippen LogP contribution in [0.15, 0.2) is 23.1 Å². The summed E-state index contributed by atoms with van der Waals surface area (Å²) in [6, 6.07) is 4.42. The molecule has 3 N–H and O–H groups in total. The van der Waals surface area contributed by atoms with Crippen molar-refractivity contribution >= 4 is 21.8 Å². The molecule has 2 amide bonds. The third-order valence-corrected chi connectivity index (χ3v) is 5.78. The molecule has 0 atom stereocenters. The van der Waals surface area contributed by atoms with E-state index in [-0.39, 0.29) is 36.8 Å². The number of nitrogens with zero attached hydrogens (tertiary/aromatic N) is 2. The quantitative estimate of drug-likeness (QED) is 0.285. The summed E-state index contributed by atoms with van der Waals surface area (Å²) >= 11 is 0. The fraction of sp³-hybridized carbons (Fsp3) is 0.429. The predicted molar refractivity (Wildman–Crippen MR) is 87.2 cm³/mol. The normalized spacial score (nSPS) is 15.6. The van der Waals surface area contributed by atoms with Crippen molar-refractivity contribution in [3.05, 3.63) is 18.2 Å². The summed E-state index contributed by atoms with van der Waals surface area (Å²) in [5.41, 5.74) is 1.76. The number of carbonyl (C=O) groups excluding carboxylic acids is 2. The summed E-state index contributed by atoms with van der Waals surface area (Å²) in [4.78, 5) is 24.3. The molecule has 0 bridgehead atoms. The van der Waals surface area contributed by atoms with Crippen LogP contribution in [0.3, 0.4) is 0 Å². The second kappa shape index (κ2) is 7.68. The summed E-state index contributed by atoms with van der Waals surface area (Å²) in [5, 5.41) is 0. The number of carbonyl (C=O) groups is 2. The Labute approximate surface area is 145 Å². The summed E-state index contributed by atoms with van der Waals surface area (Å²) < 4.78 is 37.1. The van der Waals surface area contributed by atoms with Crippen molar-refractivity contribution in [1.82, 2.24) is 14.6 Å². The highest BCUT2D eigenvalue weighted by molar-refractivity contribution is 7.89. The van der Waals surface area contributed by atoms with Gasteiger partial charge >= 0.3 is 11.8 Å². The Morgan fingerprint density at radius 3 is 2.28 bits per heavy atom. The van der Waals surface area contributed by atoms with Crippen LogP contribution in [0, 0.1) is 0 Å². The lowest BCUT2D eigenvalue weighted by atomic mass is 10.3. The smallest absolute Gasteiger partial charge is 0.323 e. The average Bonchev–Trinajstić information content (AvgIpc) is 2.66. The van der Waals surface area contributed by atoms with Gasteiger partial charge in [0.1, 0.15) is 16.4 Å². The number of sulfonamides is 1. The van der Waals surface area contributed by atoms with E-state index in [0.29, 0.717) is 5.75 Å². The molecule has 11 heteroatoms. The van der Waals surface area contributed by atoms with Crippen LogP contribution in [-0.4, -0.2) is 69.8 Å². The number of rotatable bonds is 4. The molecule has 1 fully saturated rings. The predicted octanol–water partition coefficient (Wildman–Crippen LogP) is -1.47. The molecule has 2 rings (SSSR count). The maximum absolute atomic E-state index is 12.8. The molecule has 138 valence electrons. The van der Waals surface area contributed by atoms with Crippen LogP contribution in [0.4, 0.5) is 0 Å². The Morgan fingerprint density at radius 1 is 1.12 bits per heavy atom. The van der Waals surface area contributed by atoms with Crippen LogP contribution in [0.5, 0.6) is 11.5 Å². The van der Waals surface area contributed by atoms with Crippen molar-refractivity contribution in [3.63, 3.8) is 0 Å². The first kappa shape index (κ1) is 19.0. The van der Waals surface area contributed by atoms with Crippen molar-refractivity contribution < 1.29 is 27.5 Å². The molecule has 0 radical (unpaired) electrons. The highest BCUT2D eigenvalue weighted by Crippen LogP contribution is 2.31. The summed E-state index contributed by atoms with van der Waals surface area (Å²) in [6.45, 7) is 0.288. The Hall–Kier alpha value is -2.37. The highest BCUT2D eigenvalue weighted by Gasteiger charge is 2.33. The summed E-state index contributed by atoms with van der Waals surface area (Å²) in [7, 11) is -0.975. The summed E-state index contributed by atoms with van der Waals surface area (Å²) in [6.07, 6.45) is 0. The largest absolute Gasteiger partial charge is 0.497 e. The summed E-state index contributed by atoms with van der Waals surface area (Å²) in [5.74, 6) is 3.84. The zero-order valence-electron chi connectivity index (χ0n) is 13.9. The molecule has 1 aromatic rings. The lowest BCUT2D eigenvalue weighted by molar-refractivity contribution is -0.146. The van der Waals surface area contributed by atoms with Gasteiger partial charge in [-0.2, -0.15) is 4.31 Å². The third kappa shape index (κ3) is 3.83. The van der Waals surface area contributed by atoms with Gasteiger partial charge in [-0.1, -0.05) is 0 Å². The van der Waals surface area contributed by atoms with E-state index in [2.05, 4.69) is 0 Å². The van der Waals surface area contributed by atoms with E-state index in [4.69, 9.17) is 15.3 Å². The Balaban J connectivity index is 2.17. The van der Waals surface area contributed by atoms with Crippen molar-refractivity contribution in [2.24, 2.45) is 5.84 Å². The number of piperazine rings is 1. The number of ether oxygens (including phenoxy) is 2. The van der Waals surface area contributed by atoms with Crippen molar-refractivity contribution in [3.8, 4) is 11.5 Å². The maximum Gasteiger partial charge on any atom is 0.323 e. The van der Waals surface area contributed by atoms with Crippen LogP contribution in [0.2, 0.25) is 0 Å². The van der Waals surface area contributed by atoms with Crippen molar-refractivity contribution in [2.45, 2.75) is 4.90 Å². The molecule has 1 aliphatic heterocycles. The third-order valence-electron chi connectivity index (χ3n) is 3.84. The van der Waals surface area contributed by atoms with E-state index in [1.807, 2.05) is 0 Å². The van der Waals surface area contributed by atoms with E-state index >= 15 is 0 Å². The Kier molecular flexibility index (Phi) is 5.82. The van der Waals surface area contributed by atoms with Gasteiger partial charge < -0.3 is 14.4 Å². The van der Waals surface area contributed by atoms with E-state index in [9.17, 15) is 18.0 Å². The number of amides is 2. The number of hydrogen-bond donors (Lipinski definition) is 2. The number of methoxy groups -OCH3 is 2. The standard InChI is InChI=1S/C14H20N4O6S/c1-23-10-3-4-12(11(9-10)24-2)25(21,22)18-7-5-17(6-8-18)14(20)13(19)16-15/h3-4,9H,5-8,15H2,1-2H3,(H,16,19). The molecule has 25 heavy (non-hydrogen) atoms. The van der Waals surface area contributed by atoms with Crippen LogP contribution >= 0.6 is 0 Å². The number of benzene rings is 1. The van der Waals surface area contributed by atoms with Gasteiger partial charge in [-0.3, -0.25) is 15.0 Å². The van der Waals surface area contributed by atoms with Gasteiger partial charge in [0.2, 0.25) is 10.0 Å². The lowest BCUT2D eigenvalue weighted by Gasteiger charge is -2.33. The van der Waals surface area contributed by atoms with Gasteiger partial charge in [-0.15, -0.1) is 0 Å². The molecular formula is C14H20N4O6S. The first-order valence-electron chi connectivity index (χ1n) is 7.37. The molecule has 1 aliphatic rings. The number of nitrogens with one attached hydrogen (secondary N) is 1. The van der Waals surface area contributed by atoms with E-state index in [1.54, 1.807) is 5.43 Å². The average molecular weight is 372 g/mol. The van der Waals surface area contributed by atoms with E-state index < -0.39 is 21.8 Å². The highest BCUT2D eigenvalue weighted by atomic mass is 32.2. The SMILES string of the molecule is COc1ccc(S(=O)(=O)N2CCN(C(=O)C(=O)NN)CC2)c(OC)c1. The van der Waals surface area contributed by atoms with Gasteiger partial charge in [-0.25, -0.2) is 14.3 Å². The first-order valence-corrected chi connectivity index (χ1v) is 8.81. The Morgan fingerprint density at radius 2 is 1.76 bits per heavy atom. The Bertz CT molecular complexity index is 759. The number of nitrogens with two attached hydrogens (primary N) is 1. The number of hydrazine groups is 1. The van der Waals surface area contributed by atoms with Gasteiger partial charge in [0.25, 0.3) is 0 Å². The van der Waals surface area contributed by atoms with Crippen molar-refractivity contribution in [1.29, 1.82) is 0 Å². The molecule has 1 heterocycles. The zero-order chi connectivity index (χ0) is 18.6. The van der Waals surface area contributed by atoms with Crippen molar-refractivity contribution in [2.75, 3.05) is 40.4 Å². The minimum Gasteiger partial charge on any atom is -0.497 e. The van der Waals surface area contributed by atoms with E-state index in [0.717, 1.165) is 0 Å². The zero-order valence-corrected chi connectivity index (χ0v) is 14.7. The molecule has 10 nitrogen and oxygen atoms in total. The van der Waals surface area contributed by atoms with E-state index in [1.165, 1.54) is 41.6 Å². The van der Waals surface area contributed by atoms with Gasteiger partial charge in [-0.05, 0) is 12.1 Å². The second-order valence-electron chi connectivity index (χ2n) is 5.19.